The molecule has 1 atom stereocenters. The Morgan fingerprint density at radius 1 is 1.47 bits per heavy atom. The number of hydrogen-bond donors (Lipinski definition) is 2. The van der Waals surface area contributed by atoms with Crippen LogP contribution in [0.5, 0.6) is 5.75 Å². The Hall–Kier alpha value is -1.22. The Morgan fingerprint density at radius 2 is 2.27 bits per heavy atom. The molecule has 0 aromatic heterocycles. The van der Waals surface area contributed by atoms with E-state index in [1.807, 2.05) is 19.1 Å². The van der Waals surface area contributed by atoms with Gasteiger partial charge in [-0.2, -0.15) is 0 Å². The zero-order valence-corrected chi connectivity index (χ0v) is 8.98. The van der Waals surface area contributed by atoms with Crippen LogP contribution in [0.25, 0.3) is 0 Å². The zero-order valence-electron chi connectivity index (χ0n) is 8.98. The van der Waals surface area contributed by atoms with Gasteiger partial charge >= 0.3 is 0 Å². The lowest BCUT2D eigenvalue weighted by atomic mass is 10.1. The highest BCUT2D eigenvalue weighted by Gasteiger charge is 2.25. The van der Waals surface area contributed by atoms with E-state index in [2.05, 4.69) is 4.90 Å². The van der Waals surface area contributed by atoms with E-state index in [0.29, 0.717) is 5.75 Å². The topological polar surface area (TPSA) is 43.7 Å². The summed E-state index contributed by atoms with van der Waals surface area (Å²) in [5, 5.41) is 18.9. The van der Waals surface area contributed by atoms with Crippen molar-refractivity contribution in [2.45, 2.75) is 25.8 Å². The van der Waals surface area contributed by atoms with E-state index in [1.54, 1.807) is 6.07 Å². The van der Waals surface area contributed by atoms with Gasteiger partial charge in [-0.15, -0.1) is 0 Å². The van der Waals surface area contributed by atoms with Gasteiger partial charge in [0.2, 0.25) is 0 Å². The van der Waals surface area contributed by atoms with Gasteiger partial charge in [0.25, 0.3) is 0 Å². The first-order valence-corrected chi connectivity index (χ1v) is 5.40. The van der Waals surface area contributed by atoms with Crippen LogP contribution in [0.1, 0.15) is 18.4 Å². The lowest BCUT2D eigenvalue weighted by Crippen LogP contribution is -2.32. The van der Waals surface area contributed by atoms with Crippen molar-refractivity contribution in [2.75, 3.05) is 18.1 Å². The fraction of sp³-hybridized carbons (Fsp3) is 0.500. The summed E-state index contributed by atoms with van der Waals surface area (Å²) in [5.74, 6) is 0.330. The first-order valence-electron chi connectivity index (χ1n) is 5.40. The molecule has 1 heterocycles. The molecule has 0 radical (unpaired) electrons. The molecule has 1 aromatic rings. The van der Waals surface area contributed by atoms with Crippen LogP contribution in [0.15, 0.2) is 18.2 Å². The molecule has 0 saturated carbocycles. The molecule has 0 spiro atoms. The minimum atomic E-state index is 0.190. The van der Waals surface area contributed by atoms with Crippen LogP contribution in [-0.4, -0.2) is 29.4 Å². The molecule has 1 aromatic carbocycles. The molecule has 82 valence electrons. The summed E-state index contributed by atoms with van der Waals surface area (Å²) in [6, 6.07) is 5.77. The standard InChI is InChI=1S/C12H17NO2/c1-9-11(5-2-6-12(9)15)13-7-3-4-10(13)8-14/h2,5-6,10,14-15H,3-4,7-8H2,1H3. The van der Waals surface area contributed by atoms with Crippen LogP contribution in [0.2, 0.25) is 0 Å². The number of aromatic hydroxyl groups is 1. The minimum absolute atomic E-state index is 0.190. The SMILES string of the molecule is Cc1c(O)cccc1N1CCCC1CO. The Balaban J connectivity index is 2.32. The number of benzene rings is 1. The van der Waals surface area contributed by atoms with Gasteiger partial charge in [-0.25, -0.2) is 0 Å². The Labute approximate surface area is 90.0 Å². The van der Waals surface area contributed by atoms with E-state index in [0.717, 1.165) is 30.6 Å². The van der Waals surface area contributed by atoms with E-state index >= 15 is 0 Å². The van der Waals surface area contributed by atoms with Gasteiger partial charge in [0.15, 0.2) is 0 Å². The van der Waals surface area contributed by atoms with Crippen molar-refractivity contribution in [2.24, 2.45) is 0 Å². The molecule has 0 aliphatic carbocycles. The summed E-state index contributed by atoms with van der Waals surface area (Å²) in [6.07, 6.45) is 2.14. The molecule has 1 aliphatic heterocycles. The van der Waals surface area contributed by atoms with Crippen LogP contribution in [0.4, 0.5) is 5.69 Å². The predicted molar refractivity (Wildman–Crippen MR) is 60.3 cm³/mol. The van der Waals surface area contributed by atoms with Crippen molar-refractivity contribution >= 4 is 5.69 Å². The smallest absolute Gasteiger partial charge is 0.120 e. The minimum Gasteiger partial charge on any atom is -0.508 e. The number of aliphatic hydroxyl groups excluding tert-OH is 1. The largest absolute Gasteiger partial charge is 0.508 e. The van der Waals surface area contributed by atoms with E-state index in [9.17, 15) is 10.2 Å². The van der Waals surface area contributed by atoms with E-state index in [1.165, 1.54) is 0 Å². The molecular weight excluding hydrogens is 190 g/mol. The van der Waals surface area contributed by atoms with Crippen LogP contribution >= 0.6 is 0 Å². The highest BCUT2D eigenvalue weighted by atomic mass is 16.3. The van der Waals surface area contributed by atoms with Gasteiger partial charge in [0.1, 0.15) is 5.75 Å². The molecule has 1 aliphatic rings. The van der Waals surface area contributed by atoms with Crippen molar-refractivity contribution < 1.29 is 10.2 Å². The fourth-order valence-electron chi connectivity index (χ4n) is 2.27. The molecule has 1 saturated heterocycles. The fourth-order valence-corrected chi connectivity index (χ4v) is 2.27. The Kier molecular flexibility index (Phi) is 2.82. The quantitative estimate of drug-likeness (QED) is 0.775. The van der Waals surface area contributed by atoms with Gasteiger partial charge < -0.3 is 15.1 Å². The maximum atomic E-state index is 9.63. The summed E-state index contributed by atoms with van der Waals surface area (Å²) in [6.45, 7) is 3.07. The Morgan fingerprint density at radius 3 is 3.00 bits per heavy atom. The molecule has 3 heteroatoms. The zero-order chi connectivity index (χ0) is 10.8. The highest BCUT2D eigenvalue weighted by Crippen LogP contribution is 2.32. The van der Waals surface area contributed by atoms with E-state index in [4.69, 9.17) is 0 Å². The maximum absolute atomic E-state index is 9.63. The van der Waals surface area contributed by atoms with Gasteiger partial charge in [-0.1, -0.05) is 6.07 Å². The number of nitrogens with zero attached hydrogens (tertiary/aromatic N) is 1. The molecule has 2 rings (SSSR count). The third-order valence-electron chi connectivity index (χ3n) is 3.17. The van der Waals surface area contributed by atoms with E-state index in [-0.39, 0.29) is 12.6 Å². The highest BCUT2D eigenvalue weighted by molar-refractivity contribution is 5.59. The van der Waals surface area contributed by atoms with Crippen LogP contribution < -0.4 is 4.90 Å². The van der Waals surface area contributed by atoms with Gasteiger partial charge in [-0.3, -0.25) is 0 Å². The third-order valence-corrected chi connectivity index (χ3v) is 3.17. The van der Waals surface area contributed by atoms with E-state index < -0.39 is 0 Å². The van der Waals surface area contributed by atoms with Crippen LogP contribution in [-0.2, 0) is 0 Å². The summed E-state index contributed by atoms with van der Waals surface area (Å²) < 4.78 is 0. The number of phenols is 1. The van der Waals surface area contributed by atoms with Crippen molar-refractivity contribution in [3.8, 4) is 5.75 Å². The second-order valence-electron chi connectivity index (χ2n) is 4.09. The number of hydrogen-bond acceptors (Lipinski definition) is 3. The third kappa shape index (κ3) is 1.79. The van der Waals surface area contributed by atoms with Crippen molar-refractivity contribution in [3.63, 3.8) is 0 Å². The summed E-state index contributed by atoms with van der Waals surface area (Å²) in [7, 11) is 0. The molecule has 15 heavy (non-hydrogen) atoms. The average molecular weight is 207 g/mol. The average Bonchev–Trinajstić information content (AvgIpc) is 2.70. The molecule has 0 bridgehead atoms. The monoisotopic (exact) mass is 207 g/mol. The van der Waals surface area contributed by atoms with Gasteiger partial charge in [0.05, 0.1) is 12.6 Å². The number of anilines is 1. The summed E-state index contributed by atoms with van der Waals surface area (Å²) in [5.41, 5.74) is 1.95. The van der Waals surface area contributed by atoms with Crippen molar-refractivity contribution in [3.05, 3.63) is 23.8 Å². The lowest BCUT2D eigenvalue weighted by Gasteiger charge is -2.27. The molecule has 1 unspecified atom stereocenters. The lowest BCUT2D eigenvalue weighted by molar-refractivity contribution is 0.266. The summed E-state index contributed by atoms with van der Waals surface area (Å²) >= 11 is 0. The normalized spacial score (nSPS) is 20.9. The van der Waals surface area contributed by atoms with Crippen LogP contribution in [0, 0.1) is 6.92 Å². The number of rotatable bonds is 2. The predicted octanol–water partition coefficient (Wildman–Crippen LogP) is 1.66. The van der Waals surface area contributed by atoms with Crippen molar-refractivity contribution in [1.82, 2.24) is 0 Å². The first-order chi connectivity index (χ1) is 7.24. The molecule has 1 fully saturated rings. The molecule has 0 amide bonds. The molecule has 2 N–H and O–H groups in total. The van der Waals surface area contributed by atoms with Gasteiger partial charge in [0, 0.05) is 17.8 Å². The first kappa shape index (κ1) is 10.3. The second-order valence-corrected chi connectivity index (χ2v) is 4.09. The Bertz CT molecular complexity index is 351. The second kappa shape index (κ2) is 4.11. The number of aliphatic hydroxyl groups is 1. The molecular formula is C12H17NO2. The maximum Gasteiger partial charge on any atom is 0.120 e. The van der Waals surface area contributed by atoms with Crippen molar-refractivity contribution in [1.29, 1.82) is 0 Å². The van der Waals surface area contributed by atoms with Crippen LogP contribution in [0.3, 0.4) is 0 Å². The van der Waals surface area contributed by atoms with Gasteiger partial charge in [-0.05, 0) is 31.9 Å². The number of phenolic OH excluding ortho intramolecular Hbond substituents is 1. The summed E-state index contributed by atoms with van der Waals surface area (Å²) in [4.78, 5) is 2.19. The molecule has 3 nitrogen and oxygen atoms in total.